The topological polar surface area (TPSA) is 49.3 Å². The standard InChI is InChI=1S/C12H15ClFNO2/c1-7(2)11(12(16)17)15-6-8-3-4-9(13)10(14)5-8/h3-5,7,11,15H,6H2,1-2H3,(H,16,17)/t11-/m1/s1. The summed E-state index contributed by atoms with van der Waals surface area (Å²) in [5.41, 5.74) is 0.666. The van der Waals surface area contributed by atoms with E-state index in [2.05, 4.69) is 5.32 Å². The Kier molecular flexibility index (Phi) is 4.90. The molecule has 0 spiro atoms. The lowest BCUT2D eigenvalue weighted by Gasteiger charge is -2.17. The second-order valence-electron chi connectivity index (χ2n) is 4.19. The van der Waals surface area contributed by atoms with Crippen molar-refractivity contribution in [3.8, 4) is 0 Å². The average molecular weight is 260 g/mol. The molecule has 1 aromatic rings. The summed E-state index contributed by atoms with van der Waals surface area (Å²) >= 11 is 5.55. The maximum atomic E-state index is 13.1. The van der Waals surface area contributed by atoms with Crippen LogP contribution in [0.4, 0.5) is 4.39 Å². The fraction of sp³-hybridized carbons (Fsp3) is 0.417. The number of benzene rings is 1. The number of rotatable bonds is 5. The van der Waals surface area contributed by atoms with Gasteiger partial charge in [0.25, 0.3) is 0 Å². The molecule has 3 nitrogen and oxygen atoms in total. The Bertz CT molecular complexity index is 409. The van der Waals surface area contributed by atoms with Crippen LogP contribution in [0.3, 0.4) is 0 Å². The fourth-order valence-corrected chi connectivity index (χ4v) is 1.60. The van der Waals surface area contributed by atoms with Gasteiger partial charge in [0.15, 0.2) is 0 Å². The largest absolute Gasteiger partial charge is 0.480 e. The van der Waals surface area contributed by atoms with Gasteiger partial charge in [-0.05, 0) is 23.6 Å². The molecule has 0 aliphatic rings. The molecule has 94 valence electrons. The molecule has 2 N–H and O–H groups in total. The monoisotopic (exact) mass is 259 g/mol. The molecule has 0 saturated carbocycles. The molecule has 0 amide bonds. The molecule has 0 saturated heterocycles. The predicted molar refractivity (Wildman–Crippen MR) is 64.5 cm³/mol. The van der Waals surface area contributed by atoms with E-state index in [1.54, 1.807) is 6.07 Å². The van der Waals surface area contributed by atoms with E-state index in [-0.39, 0.29) is 10.9 Å². The first-order valence-corrected chi connectivity index (χ1v) is 5.69. The lowest BCUT2D eigenvalue weighted by Crippen LogP contribution is -2.40. The summed E-state index contributed by atoms with van der Waals surface area (Å²) in [6, 6.07) is 3.78. The zero-order chi connectivity index (χ0) is 13.0. The summed E-state index contributed by atoms with van der Waals surface area (Å²) in [6.45, 7) is 3.92. The molecule has 0 aliphatic carbocycles. The quantitative estimate of drug-likeness (QED) is 0.855. The molecule has 0 heterocycles. The third-order valence-corrected chi connectivity index (χ3v) is 2.75. The number of aliphatic carboxylic acids is 1. The van der Waals surface area contributed by atoms with E-state index in [0.29, 0.717) is 12.1 Å². The van der Waals surface area contributed by atoms with Gasteiger partial charge in [0, 0.05) is 6.54 Å². The third kappa shape index (κ3) is 3.98. The van der Waals surface area contributed by atoms with Crippen molar-refractivity contribution in [2.24, 2.45) is 5.92 Å². The maximum Gasteiger partial charge on any atom is 0.320 e. The van der Waals surface area contributed by atoms with Crippen LogP contribution in [0.2, 0.25) is 5.02 Å². The number of hydrogen-bond acceptors (Lipinski definition) is 2. The summed E-state index contributed by atoms with van der Waals surface area (Å²) in [5.74, 6) is -1.44. The maximum absolute atomic E-state index is 13.1. The second-order valence-corrected chi connectivity index (χ2v) is 4.60. The molecular formula is C12H15ClFNO2. The molecule has 0 radical (unpaired) electrons. The molecule has 1 aromatic carbocycles. The molecule has 1 rings (SSSR count). The lowest BCUT2D eigenvalue weighted by molar-refractivity contribution is -0.140. The third-order valence-electron chi connectivity index (χ3n) is 2.44. The Balaban J connectivity index is 2.65. The van der Waals surface area contributed by atoms with Gasteiger partial charge < -0.3 is 10.4 Å². The van der Waals surface area contributed by atoms with Crippen LogP contribution in [0.15, 0.2) is 18.2 Å². The molecule has 17 heavy (non-hydrogen) atoms. The Morgan fingerprint density at radius 3 is 2.65 bits per heavy atom. The summed E-state index contributed by atoms with van der Waals surface area (Å²) in [5, 5.41) is 11.9. The van der Waals surface area contributed by atoms with Crippen molar-refractivity contribution in [1.82, 2.24) is 5.32 Å². The number of nitrogens with one attached hydrogen (secondary N) is 1. The van der Waals surface area contributed by atoms with Crippen LogP contribution in [0.1, 0.15) is 19.4 Å². The van der Waals surface area contributed by atoms with Gasteiger partial charge in [0.2, 0.25) is 0 Å². The number of hydrogen-bond donors (Lipinski definition) is 2. The molecule has 0 aromatic heterocycles. The van der Waals surface area contributed by atoms with Crippen LogP contribution in [0.5, 0.6) is 0 Å². The Morgan fingerprint density at radius 2 is 2.18 bits per heavy atom. The van der Waals surface area contributed by atoms with Crippen molar-refractivity contribution in [1.29, 1.82) is 0 Å². The van der Waals surface area contributed by atoms with E-state index in [9.17, 15) is 9.18 Å². The minimum atomic E-state index is -0.908. The van der Waals surface area contributed by atoms with Crippen LogP contribution >= 0.6 is 11.6 Å². The predicted octanol–water partition coefficient (Wildman–Crippen LogP) is 2.68. The van der Waals surface area contributed by atoms with Crippen LogP contribution in [0, 0.1) is 11.7 Å². The lowest BCUT2D eigenvalue weighted by atomic mass is 10.0. The SMILES string of the molecule is CC(C)[C@@H](NCc1ccc(Cl)c(F)c1)C(=O)O. The van der Waals surface area contributed by atoms with E-state index in [1.165, 1.54) is 12.1 Å². The minimum absolute atomic E-state index is 0.0374. The van der Waals surface area contributed by atoms with Gasteiger partial charge in [-0.1, -0.05) is 31.5 Å². The summed E-state index contributed by atoms with van der Waals surface area (Å²) in [6.07, 6.45) is 0. The zero-order valence-corrected chi connectivity index (χ0v) is 10.5. The van der Waals surface area contributed by atoms with Crippen LogP contribution in [-0.2, 0) is 11.3 Å². The molecule has 0 bridgehead atoms. The first kappa shape index (κ1) is 13.9. The van der Waals surface area contributed by atoms with Crippen molar-refractivity contribution in [3.63, 3.8) is 0 Å². The average Bonchev–Trinajstić information content (AvgIpc) is 2.22. The van der Waals surface area contributed by atoms with Gasteiger partial charge in [-0.25, -0.2) is 4.39 Å². The highest BCUT2D eigenvalue weighted by molar-refractivity contribution is 6.30. The van der Waals surface area contributed by atoms with Gasteiger partial charge in [0.05, 0.1) is 5.02 Å². The molecular weight excluding hydrogens is 245 g/mol. The van der Waals surface area contributed by atoms with Crippen LogP contribution < -0.4 is 5.32 Å². The van der Waals surface area contributed by atoms with Crippen molar-refractivity contribution in [2.45, 2.75) is 26.4 Å². The normalized spacial score (nSPS) is 12.8. The van der Waals surface area contributed by atoms with E-state index in [0.717, 1.165) is 0 Å². The molecule has 0 aliphatic heterocycles. The van der Waals surface area contributed by atoms with E-state index in [1.807, 2.05) is 13.8 Å². The summed E-state index contributed by atoms with van der Waals surface area (Å²) in [4.78, 5) is 10.9. The highest BCUT2D eigenvalue weighted by atomic mass is 35.5. The molecule has 0 fully saturated rings. The van der Waals surface area contributed by atoms with E-state index < -0.39 is 17.8 Å². The van der Waals surface area contributed by atoms with E-state index in [4.69, 9.17) is 16.7 Å². The minimum Gasteiger partial charge on any atom is -0.480 e. The first-order valence-electron chi connectivity index (χ1n) is 5.32. The van der Waals surface area contributed by atoms with E-state index >= 15 is 0 Å². The molecule has 5 heteroatoms. The first-order chi connectivity index (χ1) is 7.91. The summed E-state index contributed by atoms with van der Waals surface area (Å²) < 4.78 is 13.1. The highest BCUT2D eigenvalue weighted by Crippen LogP contribution is 2.15. The van der Waals surface area contributed by atoms with Gasteiger partial charge >= 0.3 is 5.97 Å². The van der Waals surface area contributed by atoms with Gasteiger partial charge in [-0.15, -0.1) is 0 Å². The Hall–Kier alpha value is -1.13. The smallest absolute Gasteiger partial charge is 0.320 e. The second kappa shape index (κ2) is 5.98. The van der Waals surface area contributed by atoms with Crippen LogP contribution in [0.25, 0.3) is 0 Å². The number of carboxylic acids is 1. The molecule has 1 atom stereocenters. The zero-order valence-electron chi connectivity index (χ0n) is 9.71. The summed E-state index contributed by atoms with van der Waals surface area (Å²) in [7, 11) is 0. The fourth-order valence-electron chi connectivity index (χ4n) is 1.49. The number of carboxylic acid groups (broad SMARTS) is 1. The highest BCUT2D eigenvalue weighted by Gasteiger charge is 2.20. The van der Waals surface area contributed by atoms with Gasteiger partial charge in [-0.2, -0.15) is 0 Å². The van der Waals surface area contributed by atoms with Gasteiger partial charge in [-0.3, -0.25) is 4.79 Å². The number of carbonyl (C=O) groups is 1. The van der Waals surface area contributed by atoms with Crippen molar-refractivity contribution in [2.75, 3.05) is 0 Å². The van der Waals surface area contributed by atoms with Crippen molar-refractivity contribution >= 4 is 17.6 Å². The Morgan fingerprint density at radius 1 is 1.53 bits per heavy atom. The number of halogens is 2. The molecule has 0 unspecified atom stereocenters. The van der Waals surface area contributed by atoms with Crippen LogP contribution in [-0.4, -0.2) is 17.1 Å². The van der Waals surface area contributed by atoms with Gasteiger partial charge in [0.1, 0.15) is 11.9 Å². The Labute approximate surface area is 105 Å². The van der Waals surface area contributed by atoms with Crippen molar-refractivity contribution in [3.05, 3.63) is 34.6 Å². The van der Waals surface area contributed by atoms with Crippen molar-refractivity contribution < 1.29 is 14.3 Å².